The van der Waals surface area contributed by atoms with Gasteiger partial charge in [-0.25, -0.2) is 0 Å². The van der Waals surface area contributed by atoms with Crippen molar-refractivity contribution >= 4 is 17.6 Å². The Morgan fingerprint density at radius 3 is 2.42 bits per heavy atom. The maximum Gasteiger partial charge on any atom is 0.249 e. The molecule has 3 aliphatic heterocycles. The first kappa shape index (κ1) is 27.3. The number of fused-ring (bicyclic) bond motifs is 1. The second kappa shape index (κ2) is 11.4. The summed E-state index contributed by atoms with van der Waals surface area (Å²) >= 11 is 0. The van der Waals surface area contributed by atoms with Crippen LogP contribution in [0.1, 0.15) is 92.1 Å². The summed E-state index contributed by atoms with van der Waals surface area (Å²) in [7, 11) is 1.60. The lowest BCUT2D eigenvalue weighted by atomic mass is 9.73. The summed E-state index contributed by atoms with van der Waals surface area (Å²) < 4.78 is 11.4. The molecule has 2 N–H and O–H groups in total. The van der Waals surface area contributed by atoms with Gasteiger partial charge in [-0.3, -0.25) is 14.4 Å². The Bertz CT molecular complexity index is 1040. The Kier molecular flexibility index (Phi) is 8.22. The highest BCUT2D eigenvalue weighted by Crippen LogP contribution is 2.42. The van der Waals surface area contributed by atoms with Crippen LogP contribution in [0, 0.1) is 5.92 Å². The second-order valence-electron chi connectivity index (χ2n) is 11.9. The van der Waals surface area contributed by atoms with Crippen LogP contribution in [-0.4, -0.2) is 85.0 Å². The fourth-order valence-electron chi connectivity index (χ4n) is 7.35. The van der Waals surface area contributed by atoms with Crippen molar-refractivity contribution in [3.05, 3.63) is 34.9 Å². The van der Waals surface area contributed by atoms with Gasteiger partial charge in [0.15, 0.2) is 5.78 Å². The van der Waals surface area contributed by atoms with Crippen LogP contribution in [0.4, 0.5) is 0 Å². The molecule has 8 nitrogen and oxygen atoms in total. The van der Waals surface area contributed by atoms with Crippen molar-refractivity contribution in [1.29, 1.82) is 0 Å². The highest BCUT2D eigenvalue weighted by molar-refractivity contribution is 5.99. The van der Waals surface area contributed by atoms with Crippen LogP contribution >= 0.6 is 0 Å². The minimum atomic E-state index is -0.626. The molecule has 3 saturated heterocycles. The Hall–Kier alpha value is -2.29. The maximum absolute atomic E-state index is 14.5. The largest absolute Gasteiger partial charge is 0.377 e. The standard InChI is InChI=1S/C30H43N3O5/c1-18(2)32-13-11-19(12-14-32)21-9-10-22(29(31)35)23(15-21)26(20-7-5-4-6-8-20)30(36)33-16-25(37-3)28-27(33)24(34)17-38-28/h9-10,15,18-20,25-28H,4-8,11-14,16-17H2,1-3H3,(H2,31,35)/t25-,26+,27-,28-/m1/s1. The fraction of sp³-hybridized carbons (Fsp3) is 0.700. The first-order valence-corrected chi connectivity index (χ1v) is 14.5. The predicted octanol–water partition coefficient (Wildman–Crippen LogP) is 3.23. The van der Waals surface area contributed by atoms with E-state index in [0.717, 1.165) is 63.6 Å². The van der Waals surface area contributed by atoms with Crippen molar-refractivity contribution in [1.82, 2.24) is 9.80 Å². The quantitative estimate of drug-likeness (QED) is 0.587. The van der Waals surface area contributed by atoms with Crippen molar-refractivity contribution < 1.29 is 23.9 Å². The molecule has 0 spiro atoms. The Labute approximate surface area is 226 Å². The molecule has 8 heteroatoms. The predicted molar refractivity (Wildman–Crippen MR) is 144 cm³/mol. The molecule has 1 aromatic rings. The molecule has 3 heterocycles. The summed E-state index contributed by atoms with van der Waals surface area (Å²) in [6.07, 6.45) is 6.44. The van der Waals surface area contributed by atoms with Gasteiger partial charge < -0.3 is 25.0 Å². The van der Waals surface area contributed by atoms with E-state index < -0.39 is 24.0 Å². The second-order valence-corrected chi connectivity index (χ2v) is 11.9. The van der Waals surface area contributed by atoms with Crippen molar-refractivity contribution in [2.75, 3.05) is 33.4 Å². The average Bonchev–Trinajstić information content (AvgIpc) is 3.49. The number of primary amides is 1. The monoisotopic (exact) mass is 525 g/mol. The van der Waals surface area contributed by atoms with E-state index in [-0.39, 0.29) is 30.3 Å². The summed E-state index contributed by atoms with van der Waals surface area (Å²) in [5, 5.41) is 0. The molecule has 38 heavy (non-hydrogen) atoms. The minimum Gasteiger partial charge on any atom is -0.377 e. The van der Waals surface area contributed by atoms with E-state index >= 15 is 0 Å². The molecule has 0 unspecified atom stereocenters. The molecule has 208 valence electrons. The molecule has 1 aliphatic carbocycles. The number of methoxy groups -OCH3 is 1. The van der Waals surface area contributed by atoms with Crippen LogP contribution in [0.5, 0.6) is 0 Å². The van der Waals surface area contributed by atoms with Gasteiger partial charge in [-0.15, -0.1) is 0 Å². The lowest BCUT2D eigenvalue weighted by molar-refractivity contribution is -0.139. The van der Waals surface area contributed by atoms with Crippen LogP contribution in [-0.2, 0) is 19.1 Å². The zero-order valence-electron chi connectivity index (χ0n) is 23.1. The minimum absolute atomic E-state index is 0.00413. The Balaban J connectivity index is 1.51. The smallest absolute Gasteiger partial charge is 0.249 e. The normalized spacial score (nSPS) is 28.2. The zero-order valence-corrected chi connectivity index (χ0v) is 23.1. The van der Waals surface area contributed by atoms with Crippen LogP contribution < -0.4 is 5.73 Å². The zero-order chi connectivity index (χ0) is 27.0. The topological polar surface area (TPSA) is 102 Å². The van der Waals surface area contributed by atoms with Crippen LogP contribution in [0.15, 0.2) is 18.2 Å². The molecular formula is C30H43N3O5. The molecule has 4 fully saturated rings. The number of ketones is 1. The Morgan fingerprint density at radius 2 is 1.79 bits per heavy atom. The third kappa shape index (κ3) is 5.15. The number of rotatable bonds is 7. The number of carbonyl (C=O) groups excluding carboxylic acids is 3. The van der Waals surface area contributed by atoms with Gasteiger partial charge in [0, 0.05) is 18.7 Å². The van der Waals surface area contributed by atoms with Gasteiger partial charge in [-0.1, -0.05) is 31.4 Å². The molecule has 1 saturated carbocycles. The molecule has 0 bridgehead atoms. The maximum atomic E-state index is 14.5. The molecule has 2 amide bonds. The highest BCUT2D eigenvalue weighted by Gasteiger charge is 2.54. The SMILES string of the molecule is CO[C@@H]1CN(C(=O)[C@H](c2cc(C3CCN(C(C)C)CC3)ccc2C(N)=O)C2CCCCC2)[C@@H]2C(=O)CO[C@@H]21. The lowest BCUT2D eigenvalue weighted by Crippen LogP contribution is -2.46. The molecule has 0 aromatic heterocycles. The van der Waals surface area contributed by atoms with Crippen LogP contribution in [0.25, 0.3) is 0 Å². The Morgan fingerprint density at radius 1 is 1.08 bits per heavy atom. The molecule has 5 rings (SSSR count). The van der Waals surface area contributed by atoms with Gasteiger partial charge >= 0.3 is 0 Å². The molecule has 4 atom stereocenters. The summed E-state index contributed by atoms with van der Waals surface area (Å²) in [4.78, 5) is 44.2. The van der Waals surface area contributed by atoms with E-state index in [1.54, 1.807) is 12.0 Å². The van der Waals surface area contributed by atoms with Crippen molar-refractivity contribution in [2.45, 2.75) is 94.9 Å². The van der Waals surface area contributed by atoms with E-state index in [1.165, 1.54) is 5.56 Å². The van der Waals surface area contributed by atoms with E-state index in [2.05, 4.69) is 24.8 Å². The van der Waals surface area contributed by atoms with Crippen LogP contribution in [0.2, 0.25) is 0 Å². The van der Waals surface area contributed by atoms with Crippen molar-refractivity contribution in [2.24, 2.45) is 11.7 Å². The molecule has 0 radical (unpaired) electrons. The van der Waals surface area contributed by atoms with Gasteiger partial charge in [0.05, 0.1) is 12.5 Å². The van der Waals surface area contributed by atoms with Gasteiger partial charge in [0.2, 0.25) is 11.8 Å². The molecule has 4 aliphatic rings. The number of nitrogens with zero attached hydrogens (tertiary/aromatic N) is 2. The number of benzene rings is 1. The first-order valence-electron chi connectivity index (χ1n) is 14.5. The van der Waals surface area contributed by atoms with Gasteiger partial charge in [-0.05, 0) is 81.6 Å². The summed E-state index contributed by atoms with van der Waals surface area (Å²) in [5.41, 5.74) is 8.24. The van der Waals surface area contributed by atoms with Crippen molar-refractivity contribution in [3.63, 3.8) is 0 Å². The van der Waals surface area contributed by atoms with Crippen molar-refractivity contribution in [3.8, 4) is 0 Å². The summed E-state index contributed by atoms with van der Waals surface area (Å²) in [6, 6.07) is 5.86. The number of likely N-dealkylation sites (tertiary alicyclic amines) is 2. The van der Waals surface area contributed by atoms with Gasteiger partial charge in [-0.2, -0.15) is 0 Å². The third-order valence-electron chi connectivity index (χ3n) is 9.52. The number of Topliss-reactive ketones (excluding diaryl/α,β-unsaturated/α-hetero) is 1. The molecule has 1 aromatic carbocycles. The lowest BCUT2D eigenvalue weighted by Gasteiger charge is -2.36. The number of piperidine rings is 1. The number of amides is 2. The fourth-order valence-corrected chi connectivity index (χ4v) is 7.35. The highest BCUT2D eigenvalue weighted by atomic mass is 16.5. The number of hydrogen-bond acceptors (Lipinski definition) is 6. The van der Waals surface area contributed by atoms with E-state index in [4.69, 9.17) is 15.2 Å². The average molecular weight is 526 g/mol. The number of hydrogen-bond donors (Lipinski definition) is 1. The van der Waals surface area contributed by atoms with Gasteiger partial charge in [0.1, 0.15) is 24.9 Å². The first-order chi connectivity index (χ1) is 18.3. The van der Waals surface area contributed by atoms with E-state index in [1.807, 2.05) is 12.1 Å². The number of carbonyl (C=O) groups is 3. The van der Waals surface area contributed by atoms with E-state index in [0.29, 0.717) is 24.1 Å². The van der Waals surface area contributed by atoms with Crippen LogP contribution in [0.3, 0.4) is 0 Å². The summed E-state index contributed by atoms with van der Waals surface area (Å²) in [5.74, 6) is -0.718. The van der Waals surface area contributed by atoms with Gasteiger partial charge in [0.25, 0.3) is 0 Å². The number of nitrogens with two attached hydrogens (primary N) is 1. The molecular weight excluding hydrogens is 482 g/mol. The van der Waals surface area contributed by atoms with E-state index in [9.17, 15) is 14.4 Å². The summed E-state index contributed by atoms with van der Waals surface area (Å²) in [6.45, 7) is 6.87. The third-order valence-corrected chi connectivity index (χ3v) is 9.52. The number of ether oxygens (including phenoxy) is 2.